The Morgan fingerprint density at radius 1 is 1.11 bits per heavy atom. The molecule has 1 spiro atoms. The van der Waals surface area contributed by atoms with E-state index in [0.717, 1.165) is 10.5 Å². The number of benzene rings is 2. The highest BCUT2D eigenvalue weighted by Gasteiger charge is 2.61. The average Bonchev–Trinajstić information content (AvgIpc) is 3.53. The number of para-hydroxylation sites is 1. The van der Waals surface area contributed by atoms with E-state index in [1.807, 2.05) is 12.1 Å². The van der Waals surface area contributed by atoms with Crippen LogP contribution in [-0.4, -0.2) is 68.6 Å². The van der Waals surface area contributed by atoms with Gasteiger partial charge in [-0.05, 0) is 36.5 Å². The Labute approximate surface area is 201 Å². The second kappa shape index (κ2) is 8.41. The molecule has 2 fully saturated rings. The van der Waals surface area contributed by atoms with Crippen LogP contribution in [0.1, 0.15) is 18.4 Å². The number of carbonyl (C=O) groups is 1. The number of rotatable bonds is 3. The fraction of sp³-hybridized carbons (Fsp3) is 0.458. The van der Waals surface area contributed by atoms with Crippen molar-refractivity contribution >= 4 is 16.1 Å². The first-order chi connectivity index (χ1) is 16.5. The minimum Gasteiger partial charge on any atom is -0.431 e. The van der Waals surface area contributed by atoms with E-state index < -0.39 is 52.2 Å². The Bertz CT molecular complexity index is 1250. The lowest BCUT2D eigenvalue weighted by Gasteiger charge is -2.33. The molecule has 35 heavy (non-hydrogen) atoms. The van der Waals surface area contributed by atoms with Gasteiger partial charge in [0.1, 0.15) is 12.3 Å². The molecule has 2 aromatic rings. The van der Waals surface area contributed by atoms with Crippen LogP contribution in [0.5, 0.6) is 5.75 Å². The molecule has 2 amide bonds. The number of nitrogens with zero attached hydrogens (tertiary/aromatic N) is 2. The summed E-state index contributed by atoms with van der Waals surface area (Å²) in [5, 5.41) is 0. The van der Waals surface area contributed by atoms with Crippen LogP contribution in [0.15, 0.2) is 48.5 Å². The molecular formula is C24H26F3N3O4S. The molecule has 2 bridgehead atoms. The third-order valence-electron chi connectivity index (χ3n) is 7.10. The van der Waals surface area contributed by atoms with Crippen LogP contribution in [0.4, 0.5) is 18.0 Å². The highest BCUT2D eigenvalue weighted by molar-refractivity contribution is 7.89. The highest BCUT2D eigenvalue weighted by Crippen LogP contribution is 2.55. The van der Waals surface area contributed by atoms with Crippen molar-refractivity contribution < 1.29 is 31.1 Å². The highest BCUT2D eigenvalue weighted by atomic mass is 32.2. The summed E-state index contributed by atoms with van der Waals surface area (Å²) in [6, 6.07) is 10.0. The maximum atomic E-state index is 15.0. The number of ether oxygens (including phenoxy) is 1. The zero-order valence-corrected chi connectivity index (χ0v) is 19.9. The number of amides is 2. The Kier molecular flexibility index (Phi) is 5.75. The van der Waals surface area contributed by atoms with Crippen LogP contribution < -0.4 is 9.46 Å². The van der Waals surface area contributed by atoms with Crippen LogP contribution >= 0.6 is 0 Å². The molecule has 2 aromatic carbocycles. The molecule has 5 rings (SSSR count). The largest absolute Gasteiger partial charge is 0.431 e. The molecule has 0 aromatic heterocycles. The van der Waals surface area contributed by atoms with Crippen molar-refractivity contribution in [3.05, 3.63) is 54.1 Å². The molecule has 1 aliphatic carbocycles. The standard InChI is InChI=1S/C24H26F3N3O4S/c1-29-14-24(26,27)34-20-8-3-2-7-18(20)17-6-4-5-16(11-17)12-19-21(28-35(32,33)15-25)23(9-10-23)13-30(19)22(29)31/h2-8,11,19,21,28H,9-10,12-15H2,1H3. The van der Waals surface area contributed by atoms with Gasteiger partial charge in [-0.3, -0.25) is 0 Å². The number of carbonyl (C=O) groups excluding carboxylic acids is 1. The van der Waals surface area contributed by atoms with Crippen LogP contribution in [0.2, 0.25) is 0 Å². The van der Waals surface area contributed by atoms with Crippen LogP contribution in [-0.2, 0) is 16.4 Å². The predicted molar refractivity (Wildman–Crippen MR) is 123 cm³/mol. The van der Waals surface area contributed by atoms with Gasteiger partial charge in [0.25, 0.3) is 0 Å². The number of alkyl halides is 3. The number of likely N-dealkylation sites (N-methyl/N-ethyl adjacent to an activating group) is 1. The molecule has 11 heteroatoms. The summed E-state index contributed by atoms with van der Waals surface area (Å²) in [4.78, 5) is 15.7. The summed E-state index contributed by atoms with van der Waals surface area (Å²) >= 11 is 0. The van der Waals surface area contributed by atoms with Crippen LogP contribution in [0.25, 0.3) is 11.1 Å². The molecule has 1 saturated carbocycles. The molecule has 2 aliphatic heterocycles. The molecule has 188 valence electrons. The Morgan fingerprint density at radius 3 is 2.57 bits per heavy atom. The Balaban J connectivity index is 1.61. The van der Waals surface area contributed by atoms with E-state index in [9.17, 15) is 26.4 Å². The smallest absolute Gasteiger partial charge is 0.416 e. The fourth-order valence-corrected chi connectivity index (χ4v) is 6.15. The summed E-state index contributed by atoms with van der Waals surface area (Å²) in [5.41, 5.74) is 1.37. The van der Waals surface area contributed by atoms with Gasteiger partial charge in [-0.1, -0.05) is 42.5 Å². The van der Waals surface area contributed by atoms with E-state index in [0.29, 0.717) is 24.0 Å². The van der Waals surface area contributed by atoms with Crippen molar-refractivity contribution in [3.63, 3.8) is 0 Å². The van der Waals surface area contributed by atoms with E-state index in [1.54, 1.807) is 30.3 Å². The van der Waals surface area contributed by atoms with Crippen LogP contribution in [0.3, 0.4) is 0 Å². The number of sulfonamides is 1. The third kappa shape index (κ3) is 4.58. The molecule has 2 atom stereocenters. The van der Waals surface area contributed by atoms with Gasteiger partial charge in [0.15, 0.2) is 0 Å². The van der Waals surface area contributed by atoms with Gasteiger partial charge < -0.3 is 14.5 Å². The number of fused-ring (bicyclic) bond motifs is 5. The molecule has 1 N–H and O–H groups in total. The molecule has 0 radical (unpaired) electrons. The lowest BCUT2D eigenvalue weighted by atomic mass is 9.91. The lowest BCUT2D eigenvalue weighted by Crippen LogP contribution is -2.53. The summed E-state index contributed by atoms with van der Waals surface area (Å²) in [7, 11) is -2.94. The lowest BCUT2D eigenvalue weighted by molar-refractivity contribution is -0.182. The van der Waals surface area contributed by atoms with Gasteiger partial charge >= 0.3 is 12.1 Å². The van der Waals surface area contributed by atoms with Crippen molar-refractivity contribution in [2.75, 3.05) is 26.1 Å². The summed E-state index contributed by atoms with van der Waals surface area (Å²) in [5.74, 6) is -0.0132. The van der Waals surface area contributed by atoms with E-state index in [-0.39, 0.29) is 18.7 Å². The molecule has 3 aliphatic rings. The van der Waals surface area contributed by atoms with E-state index in [2.05, 4.69) is 4.72 Å². The number of halogens is 3. The van der Waals surface area contributed by atoms with Crippen molar-refractivity contribution in [1.29, 1.82) is 0 Å². The maximum Gasteiger partial charge on any atom is 0.416 e. The number of hydrogen-bond acceptors (Lipinski definition) is 4. The summed E-state index contributed by atoms with van der Waals surface area (Å²) < 4.78 is 75.1. The minimum absolute atomic E-state index is 0.0132. The van der Waals surface area contributed by atoms with Gasteiger partial charge in [-0.15, -0.1) is 0 Å². The zero-order valence-electron chi connectivity index (χ0n) is 19.1. The van der Waals surface area contributed by atoms with E-state index in [1.165, 1.54) is 18.0 Å². The molecule has 2 unspecified atom stereocenters. The molecular weight excluding hydrogens is 483 g/mol. The second-order valence-corrected chi connectivity index (χ2v) is 11.3. The quantitative estimate of drug-likeness (QED) is 0.686. The average molecular weight is 510 g/mol. The predicted octanol–water partition coefficient (Wildman–Crippen LogP) is 3.61. The second-order valence-electron chi connectivity index (χ2n) is 9.66. The first-order valence-electron chi connectivity index (χ1n) is 11.4. The van der Waals surface area contributed by atoms with Crippen molar-refractivity contribution in [1.82, 2.24) is 14.5 Å². The van der Waals surface area contributed by atoms with Gasteiger partial charge in [-0.25, -0.2) is 22.3 Å². The molecule has 2 heterocycles. The SMILES string of the molecule is CN1CC(F)(F)Oc2ccccc2-c2cccc(c2)CC2C(NS(=O)(=O)CF)C3(CC3)CN2C1=O. The fourth-order valence-electron chi connectivity index (χ4n) is 5.30. The number of hydrogen-bond donors (Lipinski definition) is 1. The molecule has 7 nitrogen and oxygen atoms in total. The van der Waals surface area contributed by atoms with Gasteiger partial charge in [0, 0.05) is 30.6 Å². The maximum absolute atomic E-state index is 15.0. The summed E-state index contributed by atoms with van der Waals surface area (Å²) in [6.07, 6.45) is -2.09. The topological polar surface area (TPSA) is 79.0 Å². The third-order valence-corrected chi connectivity index (χ3v) is 8.00. The number of nitrogens with one attached hydrogen (secondary N) is 1. The van der Waals surface area contributed by atoms with Gasteiger partial charge in [-0.2, -0.15) is 8.78 Å². The Hall–Kier alpha value is -2.79. The number of urea groups is 1. The van der Waals surface area contributed by atoms with Gasteiger partial charge in [0.2, 0.25) is 16.0 Å². The zero-order chi connectivity index (χ0) is 25.0. The molecule has 1 saturated heterocycles. The minimum atomic E-state index is -4.21. The first kappa shape index (κ1) is 23.9. The van der Waals surface area contributed by atoms with Crippen molar-refractivity contribution in [2.45, 2.75) is 37.5 Å². The Morgan fingerprint density at radius 2 is 1.86 bits per heavy atom. The normalized spacial score (nSPS) is 25.1. The van der Waals surface area contributed by atoms with Crippen LogP contribution in [0, 0.1) is 5.41 Å². The monoisotopic (exact) mass is 509 g/mol. The first-order valence-corrected chi connectivity index (χ1v) is 13.0. The van der Waals surface area contributed by atoms with Crippen molar-refractivity contribution in [3.8, 4) is 16.9 Å². The van der Waals surface area contributed by atoms with Gasteiger partial charge in [0.05, 0.1) is 6.04 Å². The van der Waals surface area contributed by atoms with E-state index in [4.69, 9.17) is 4.74 Å². The summed E-state index contributed by atoms with van der Waals surface area (Å²) in [6.45, 7) is -0.790. The van der Waals surface area contributed by atoms with Crippen molar-refractivity contribution in [2.24, 2.45) is 5.41 Å². The van der Waals surface area contributed by atoms with E-state index >= 15 is 0 Å².